The van der Waals surface area contributed by atoms with Crippen LogP contribution in [0, 0.1) is 5.92 Å². The fourth-order valence-corrected chi connectivity index (χ4v) is 2.20. The average molecular weight is 383 g/mol. The van der Waals surface area contributed by atoms with Gasteiger partial charge < -0.3 is 14.8 Å². The summed E-state index contributed by atoms with van der Waals surface area (Å²) < 4.78 is 45.8. The van der Waals surface area contributed by atoms with E-state index in [1.165, 1.54) is 6.92 Å². The predicted octanol–water partition coefficient (Wildman–Crippen LogP) is 4.85. The zero-order valence-corrected chi connectivity index (χ0v) is 15.6. The molecule has 1 aromatic rings. The lowest BCUT2D eigenvalue weighted by molar-refractivity contribution is -0.303. The molecule has 148 valence electrons. The standard InChI is InChI=1S/C20H24F3NO3/c1-13(2)18(16(5)26-12-17-9-7-6-8-10-17)24-19(25)14(3)11-15(4)27-20(21,22)23/h6-11,13,18H,4-5,12H2,1-3H3,(H,24,25). The number of hydrogen-bond donors (Lipinski definition) is 1. The molecule has 4 nitrogen and oxygen atoms in total. The third-order valence-corrected chi connectivity index (χ3v) is 3.55. The molecule has 0 aliphatic rings. The van der Waals surface area contributed by atoms with Crippen LogP contribution < -0.4 is 5.32 Å². The molecule has 0 fully saturated rings. The summed E-state index contributed by atoms with van der Waals surface area (Å²) in [5.41, 5.74) is 0.968. The Hall–Kier alpha value is -2.70. The molecule has 0 aliphatic heterocycles. The van der Waals surface area contributed by atoms with Crippen molar-refractivity contribution in [2.24, 2.45) is 5.92 Å². The number of ether oxygens (including phenoxy) is 2. The van der Waals surface area contributed by atoms with Crippen molar-refractivity contribution in [2.75, 3.05) is 0 Å². The van der Waals surface area contributed by atoms with Crippen molar-refractivity contribution in [1.82, 2.24) is 5.32 Å². The van der Waals surface area contributed by atoms with Gasteiger partial charge in [-0.25, -0.2) is 0 Å². The molecule has 0 spiro atoms. The van der Waals surface area contributed by atoms with E-state index in [-0.39, 0.29) is 11.5 Å². The minimum absolute atomic E-state index is 0.0192. The van der Waals surface area contributed by atoms with E-state index in [1.807, 2.05) is 44.2 Å². The summed E-state index contributed by atoms with van der Waals surface area (Å²) in [7, 11) is 0. The van der Waals surface area contributed by atoms with Crippen LogP contribution in [-0.2, 0) is 20.9 Å². The summed E-state index contributed by atoms with van der Waals surface area (Å²) in [6.07, 6.45) is -3.93. The van der Waals surface area contributed by atoms with E-state index in [0.717, 1.165) is 11.6 Å². The Morgan fingerprint density at radius 1 is 1.22 bits per heavy atom. The van der Waals surface area contributed by atoms with Crippen LogP contribution in [0.5, 0.6) is 0 Å². The zero-order chi connectivity index (χ0) is 20.6. The predicted molar refractivity (Wildman–Crippen MR) is 97.2 cm³/mol. The van der Waals surface area contributed by atoms with Gasteiger partial charge in [-0.05, 0) is 24.5 Å². The molecule has 1 rings (SSSR count). The maximum Gasteiger partial charge on any atom is 0.573 e. The number of halogens is 3. The number of amides is 1. The fourth-order valence-electron chi connectivity index (χ4n) is 2.20. The van der Waals surface area contributed by atoms with Crippen molar-refractivity contribution in [3.63, 3.8) is 0 Å². The van der Waals surface area contributed by atoms with Crippen LogP contribution in [0.25, 0.3) is 0 Å². The van der Waals surface area contributed by atoms with E-state index >= 15 is 0 Å². The van der Waals surface area contributed by atoms with E-state index in [2.05, 4.69) is 23.2 Å². The molecule has 0 bridgehead atoms. The van der Waals surface area contributed by atoms with Crippen molar-refractivity contribution in [1.29, 1.82) is 0 Å². The van der Waals surface area contributed by atoms with Gasteiger partial charge in [-0.2, -0.15) is 0 Å². The Labute approximate surface area is 157 Å². The maximum atomic E-state index is 12.3. The van der Waals surface area contributed by atoms with Crippen molar-refractivity contribution in [3.05, 3.63) is 72.2 Å². The average Bonchev–Trinajstić information content (AvgIpc) is 2.56. The zero-order valence-electron chi connectivity index (χ0n) is 15.6. The Kier molecular flexibility index (Phi) is 8.15. The summed E-state index contributed by atoms with van der Waals surface area (Å²) in [5, 5.41) is 2.71. The second-order valence-electron chi connectivity index (χ2n) is 6.28. The largest absolute Gasteiger partial charge is 0.573 e. The molecule has 0 aromatic heterocycles. The first-order valence-electron chi connectivity index (χ1n) is 8.29. The van der Waals surface area contributed by atoms with E-state index in [4.69, 9.17) is 4.74 Å². The van der Waals surface area contributed by atoms with Crippen LogP contribution in [0.3, 0.4) is 0 Å². The molecule has 1 N–H and O–H groups in total. The number of alkyl halides is 3. The molecule has 0 saturated heterocycles. The first-order valence-corrected chi connectivity index (χ1v) is 8.29. The van der Waals surface area contributed by atoms with Gasteiger partial charge >= 0.3 is 6.36 Å². The van der Waals surface area contributed by atoms with Crippen molar-refractivity contribution < 1.29 is 27.4 Å². The van der Waals surface area contributed by atoms with Crippen LogP contribution in [0.2, 0.25) is 0 Å². The molecule has 0 heterocycles. The molecule has 1 amide bonds. The van der Waals surface area contributed by atoms with Gasteiger partial charge in [0.2, 0.25) is 5.91 Å². The van der Waals surface area contributed by atoms with Crippen LogP contribution in [0.1, 0.15) is 26.3 Å². The van der Waals surface area contributed by atoms with Gasteiger partial charge in [0, 0.05) is 5.57 Å². The third-order valence-electron chi connectivity index (χ3n) is 3.55. The topological polar surface area (TPSA) is 47.6 Å². The van der Waals surface area contributed by atoms with E-state index in [0.29, 0.717) is 12.4 Å². The second-order valence-corrected chi connectivity index (χ2v) is 6.28. The van der Waals surface area contributed by atoms with Gasteiger partial charge in [-0.3, -0.25) is 4.79 Å². The molecular formula is C20H24F3NO3. The summed E-state index contributed by atoms with van der Waals surface area (Å²) >= 11 is 0. The highest BCUT2D eigenvalue weighted by Crippen LogP contribution is 2.21. The van der Waals surface area contributed by atoms with E-state index < -0.39 is 24.1 Å². The molecule has 7 heteroatoms. The van der Waals surface area contributed by atoms with Crippen LogP contribution in [0.15, 0.2) is 66.7 Å². The molecule has 0 saturated carbocycles. The molecule has 0 radical (unpaired) electrons. The molecule has 1 aromatic carbocycles. The number of allylic oxidation sites excluding steroid dienone is 1. The number of rotatable bonds is 9. The van der Waals surface area contributed by atoms with Gasteiger partial charge in [0.15, 0.2) is 0 Å². The number of benzene rings is 1. The Bertz CT molecular complexity index is 694. The van der Waals surface area contributed by atoms with Gasteiger partial charge in [-0.1, -0.05) is 57.3 Å². The summed E-state index contributed by atoms with van der Waals surface area (Å²) in [4.78, 5) is 12.3. The van der Waals surface area contributed by atoms with Crippen molar-refractivity contribution in [3.8, 4) is 0 Å². The van der Waals surface area contributed by atoms with E-state index in [9.17, 15) is 18.0 Å². The number of carbonyl (C=O) groups is 1. The smallest absolute Gasteiger partial charge is 0.492 e. The number of carbonyl (C=O) groups excluding carboxylic acids is 1. The normalized spacial score (nSPS) is 13.1. The van der Waals surface area contributed by atoms with Gasteiger partial charge in [0.05, 0.1) is 6.04 Å². The van der Waals surface area contributed by atoms with Crippen LogP contribution in [0.4, 0.5) is 13.2 Å². The van der Waals surface area contributed by atoms with Crippen molar-refractivity contribution in [2.45, 2.75) is 39.8 Å². The summed E-state index contributed by atoms with van der Waals surface area (Å²) in [6.45, 7) is 12.4. The molecule has 27 heavy (non-hydrogen) atoms. The van der Waals surface area contributed by atoms with Crippen LogP contribution in [-0.4, -0.2) is 18.3 Å². The Morgan fingerprint density at radius 2 is 1.81 bits per heavy atom. The minimum Gasteiger partial charge on any atom is -0.492 e. The van der Waals surface area contributed by atoms with Gasteiger partial charge in [0.25, 0.3) is 0 Å². The first-order chi connectivity index (χ1) is 12.5. The molecule has 1 unspecified atom stereocenters. The first kappa shape index (κ1) is 22.3. The monoisotopic (exact) mass is 383 g/mol. The summed E-state index contributed by atoms with van der Waals surface area (Å²) in [6, 6.07) is 8.94. The molecule has 0 aliphatic carbocycles. The SMILES string of the molecule is C=C(C=C(C)C(=O)NC(C(=C)OCc1ccccc1)C(C)C)OC(F)(F)F. The lowest BCUT2D eigenvalue weighted by Crippen LogP contribution is -2.40. The van der Waals surface area contributed by atoms with Crippen molar-refractivity contribution >= 4 is 5.91 Å². The highest BCUT2D eigenvalue weighted by molar-refractivity contribution is 5.93. The fraction of sp³-hybridized carbons (Fsp3) is 0.350. The highest BCUT2D eigenvalue weighted by Gasteiger charge is 2.31. The van der Waals surface area contributed by atoms with Gasteiger partial charge in [-0.15, -0.1) is 13.2 Å². The third kappa shape index (κ3) is 8.48. The maximum absolute atomic E-state index is 12.3. The quantitative estimate of drug-likeness (QED) is 0.377. The molecular weight excluding hydrogens is 359 g/mol. The Morgan fingerprint density at radius 3 is 2.33 bits per heavy atom. The minimum atomic E-state index is -4.86. The van der Waals surface area contributed by atoms with E-state index in [1.54, 1.807) is 0 Å². The lowest BCUT2D eigenvalue weighted by atomic mass is 10.0. The lowest BCUT2D eigenvalue weighted by Gasteiger charge is -2.25. The molecule has 1 atom stereocenters. The highest BCUT2D eigenvalue weighted by atomic mass is 19.4. The van der Waals surface area contributed by atoms with Crippen LogP contribution >= 0.6 is 0 Å². The Balaban J connectivity index is 2.70. The second kappa shape index (κ2) is 9.85. The summed E-state index contributed by atoms with van der Waals surface area (Å²) in [5.74, 6) is -0.916. The van der Waals surface area contributed by atoms with Gasteiger partial charge in [0.1, 0.15) is 18.1 Å². The number of nitrogens with one attached hydrogen (secondary N) is 1. The number of hydrogen-bond acceptors (Lipinski definition) is 3.